The molecule has 1 aromatic carbocycles. The molecule has 1 aromatic rings. The SMILES string of the molecule is CC(C)NC(=O)CN(C)C(=O)/C=C/c1cc2c(cc1[N+](=O)[O-])OCO2. The highest BCUT2D eigenvalue weighted by Crippen LogP contribution is 2.38. The molecular formula is C16H19N3O6. The molecule has 2 rings (SSSR count). The predicted octanol–water partition coefficient (Wildman–Crippen LogP) is 1.32. The third kappa shape index (κ3) is 4.69. The number of carbonyl (C=O) groups excluding carboxylic acids is 2. The van der Waals surface area contributed by atoms with Gasteiger partial charge < -0.3 is 19.7 Å². The van der Waals surface area contributed by atoms with Gasteiger partial charge >= 0.3 is 0 Å². The van der Waals surface area contributed by atoms with Gasteiger partial charge in [0.1, 0.15) is 0 Å². The van der Waals surface area contributed by atoms with Gasteiger partial charge in [-0.25, -0.2) is 0 Å². The molecule has 0 bridgehead atoms. The van der Waals surface area contributed by atoms with Crippen molar-refractivity contribution in [3.05, 3.63) is 33.9 Å². The van der Waals surface area contributed by atoms with Crippen LogP contribution in [0.2, 0.25) is 0 Å². The topological polar surface area (TPSA) is 111 Å². The molecule has 0 aliphatic carbocycles. The minimum atomic E-state index is -0.564. The van der Waals surface area contributed by atoms with Crippen LogP contribution in [-0.2, 0) is 9.59 Å². The van der Waals surface area contributed by atoms with Crippen molar-refractivity contribution in [1.82, 2.24) is 10.2 Å². The van der Waals surface area contributed by atoms with Gasteiger partial charge in [0.15, 0.2) is 11.5 Å². The fourth-order valence-corrected chi connectivity index (χ4v) is 2.19. The lowest BCUT2D eigenvalue weighted by Crippen LogP contribution is -2.40. The lowest BCUT2D eigenvalue weighted by atomic mass is 10.1. The van der Waals surface area contributed by atoms with Crippen molar-refractivity contribution in [2.45, 2.75) is 19.9 Å². The molecule has 1 N–H and O–H groups in total. The van der Waals surface area contributed by atoms with E-state index >= 15 is 0 Å². The first-order valence-electron chi connectivity index (χ1n) is 7.58. The number of amides is 2. The van der Waals surface area contributed by atoms with Crippen molar-refractivity contribution in [2.24, 2.45) is 0 Å². The maximum absolute atomic E-state index is 12.1. The Kier molecular flexibility index (Phi) is 5.58. The normalized spacial score (nSPS) is 12.5. The fraction of sp³-hybridized carbons (Fsp3) is 0.375. The molecule has 134 valence electrons. The first kappa shape index (κ1) is 18.2. The first-order chi connectivity index (χ1) is 11.8. The van der Waals surface area contributed by atoms with Gasteiger partial charge in [0.05, 0.1) is 23.1 Å². The van der Waals surface area contributed by atoms with Crippen LogP contribution in [-0.4, -0.2) is 48.1 Å². The zero-order chi connectivity index (χ0) is 18.6. The Morgan fingerprint density at radius 3 is 2.60 bits per heavy atom. The smallest absolute Gasteiger partial charge is 0.280 e. The van der Waals surface area contributed by atoms with E-state index in [0.29, 0.717) is 5.75 Å². The lowest BCUT2D eigenvalue weighted by Gasteiger charge is -2.16. The summed E-state index contributed by atoms with van der Waals surface area (Å²) >= 11 is 0. The minimum absolute atomic E-state index is 0.00765. The molecule has 0 saturated heterocycles. The van der Waals surface area contributed by atoms with Gasteiger partial charge in [-0.05, 0) is 26.0 Å². The summed E-state index contributed by atoms with van der Waals surface area (Å²) in [6.45, 7) is 3.52. The van der Waals surface area contributed by atoms with E-state index in [1.165, 1.54) is 36.2 Å². The first-order valence-corrected chi connectivity index (χ1v) is 7.58. The molecule has 0 spiro atoms. The molecule has 9 nitrogen and oxygen atoms in total. The average Bonchev–Trinajstić information content (AvgIpc) is 2.97. The van der Waals surface area contributed by atoms with Gasteiger partial charge in [-0.3, -0.25) is 19.7 Å². The van der Waals surface area contributed by atoms with Crippen LogP contribution in [0.5, 0.6) is 11.5 Å². The summed E-state index contributed by atoms with van der Waals surface area (Å²) in [5.41, 5.74) is 0.0103. The molecular weight excluding hydrogens is 330 g/mol. The Hall–Kier alpha value is -3.10. The monoisotopic (exact) mass is 349 g/mol. The Morgan fingerprint density at radius 2 is 2.00 bits per heavy atom. The van der Waals surface area contributed by atoms with Crippen LogP contribution in [0, 0.1) is 10.1 Å². The second-order valence-corrected chi connectivity index (χ2v) is 5.77. The van der Waals surface area contributed by atoms with Crippen molar-refractivity contribution in [2.75, 3.05) is 20.4 Å². The number of nitro groups is 1. The summed E-state index contributed by atoms with van der Waals surface area (Å²) in [7, 11) is 1.47. The third-order valence-electron chi connectivity index (χ3n) is 3.33. The number of hydrogen-bond acceptors (Lipinski definition) is 6. The molecule has 0 fully saturated rings. The summed E-state index contributed by atoms with van der Waals surface area (Å²) in [5.74, 6) is -0.0702. The van der Waals surface area contributed by atoms with E-state index in [9.17, 15) is 19.7 Å². The summed E-state index contributed by atoms with van der Waals surface area (Å²) in [6.07, 6.45) is 2.49. The van der Waals surface area contributed by atoms with Crippen LogP contribution >= 0.6 is 0 Å². The van der Waals surface area contributed by atoms with E-state index in [-0.39, 0.29) is 42.3 Å². The summed E-state index contributed by atoms with van der Waals surface area (Å²) in [6, 6.07) is 2.67. The van der Waals surface area contributed by atoms with Crippen LogP contribution in [0.4, 0.5) is 5.69 Å². The van der Waals surface area contributed by atoms with Crippen LogP contribution in [0.15, 0.2) is 18.2 Å². The molecule has 0 atom stereocenters. The zero-order valence-corrected chi connectivity index (χ0v) is 14.1. The Labute approximate surface area is 144 Å². The highest BCUT2D eigenvalue weighted by molar-refractivity contribution is 5.94. The van der Waals surface area contributed by atoms with Gasteiger partial charge in [0.25, 0.3) is 5.69 Å². The van der Waals surface area contributed by atoms with Gasteiger partial charge in [0, 0.05) is 19.2 Å². The molecule has 1 heterocycles. The second kappa shape index (κ2) is 7.65. The quantitative estimate of drug-likeness (QED) is 0.471. The standard InChI is InChI=1S/C16H19N3O6/c1-10(2)17-15(20)8-18(3)16(21)5-4-11-6-13-14(25-9-24-13)7-12(11)19(22)23/h4-7,10H,8-9H2,1-3H3,(H,17,20)/b5-4+. The fourth-order valence-electron chi connectivity index (χ4n) is 2.19. The van der Waals surface area contributed by atoms with E-state index in [1.54, 1.807) is 0 Å². The molecule has 25 heavy (non-hydrogen) atoms. The van der Waals surface area contributed by atoms with E-state index in [0.717, 1.165) is 0 Å². The number of nitrogens with zero attached hydrogens (tertiary/aromatic N) is 2. The number of carbonyl (C=O) groups is 2. The third-order valence-corrected chi connectivity index (χ3v) is 3.33. The Bertz CT molecular complexity index is 729. The van der Waals surface area contributed by atoms with E-state index < -0.39 is 10.8 Å². The van der Waals surface area contributed by atoms with Crippen LogP contribution < -0.4 is 14.8 Å². The van der Waals surface area contributed by atoms with Gasteiger partial charge in [-0.15, -0.1) is 0 Å². The highest BCUT2D eigenvalue weighted by Gasteiger charge is 2.22. The van der Waals surface area contributed by atoms with Crippen LogP contribution in [0.25, 0.3) is 6.08 Å². The Balaban J connectivity index is 2.11. The molecule has 0 saturated carbocycles. The number of hydrogen-bond donors (Lipinski definition) is 1. The molecule has 0 unspecified atom stereocenters. The summed E-state index contributed by atoms with van der Waals surface area (Å²) in [4.78, 5) is 35.6. The number of fused-ring (bicyclic) bond motifs is 1. The Morgan fingerprint density at radius 1 is 1.36 bits per heavy atom. The van der Waals surface area contributed by atoms with Crippen molar-refractivity contribution < 1.29 is 24.0 Å². The second-order valence-electron chi connectivity index (χ2n) is 5.77. The number of benzene rings is 1. The van der Waals surface area contributed by atoms with Crippen molar-refractivity contribution in [3.8, 4) is 11.5 Å². The number of rotatable bonds is 6. The molecule has 1 aliphatic rings. The summed E-state index contributed by atoms with van der Waals surface area (Å²) in [5, 5.41) is 13.9. The minimum Gasteiger partial charge on any atom is -0.454 e. The molecule has 0 radical (unpaired) electrons. The highest BCUT2D eigenvalue weighted by atomic mass is 16.7. The van der Waals surface area contributed by atoms with Gasteiger partial charge in [-0.1, -0.05) is 0 Å². The average molecular weight is 349 g/mol. The van der Waals surface area contributed by atoms with Crippen molar-refractivity contribution >= 4 is 23.6 Å². The number of nitro benzene ring substituents is 1. The zero-order valence-electron chi connectivity index (χ0n) is 14.1. The number of ether oxygens (including phenoxy) is 2. The predicted molar refractivity (Wildman–Crippen MR) is 89.2 cm³/mol. The van der Waals surface area contributed by atoms with Crippen molar-refractivity contribution in [3.63, 3.8) is 0 Å². The number of nitrogens with one attached hydrogen (secondary N) is 1. The van der Waals surface area contributed by atoms with Crippen LogP contribution in [0.1, 0.15) is 19.4 Å². The number of likely N-dealkylation sites (N-methyl/N-ethyl adjacent to an activating group) is 1. The van der Waals surface area contributed by atoms with E-state index in [1.807, 2.05) is 13.8 Å². The molecule has 9 heteroatoms. The van der Waals surface area contributed by atoms with E-state index in [4.69, 9.17) is 9.47 Å². The largest absolute Gasteiger partial charge is 0.454 e. The molecule has 2 amide bonds. The van der Waals surface area contributed by atoms with Crippen molar-refractivity contribution in [1.29, 1.82) is 0 Å². The van der Waals surface area contributed by atoms with Crippen LogP contribution in [0.3, 0.4) is 0 Å². The summed E-state index contributed by atoms with van der Waals surface area (Å²) < 4.78 is 10.3. The lowest BCUT2D eigenvalue weighted by molar-refractivity contribution is -0.385. The maximum Gasteiger partial charge on any atom is 0.280 e. The molecule has 1 aliphatic heterocycles. The van der Waals surface area contributed by atoms with E-state index in [2.05, 4.69) is 5.32 Å². The van der Waals surface area contributed by atoms with Gasteiger partial charge in [0.2, 0.25) is 18.6 Å². The maximum atomic E-state index is 12.1. The van der Waals surface area contributed by atoms with Gasteiger partial charge in [-0.2, -0.15) is 0 Å². The molecule has 0 aromatic heterocycles.